The standard InChI is InChI=1S/C17H19NOS/c1-12-9-13(2)11-15(10-12)18-17(19)14(3)20-16-7-5-4-6-8-16/h4-11,14H,1-3H3,(H,18,19)/t14-/m0/s1. The molecular weight excluding hydrogens is 266 g/mol. The molecule has 0 aliphatic rings. The van der Waals surface area contributed by atoms with Crippen molar-refractivity contribution < 1.29 is 4.79 Å². The van der Waals surface area contributed by atoms with Crippen molar-refractivity contribution in [2.24, 2.45) is 0 Å². The Morgan fingerprint density at radius 3 is 2.25 bits per heavy atom. The summed E-state index contributed by atoms with van der Waals surface area (Å²) in [5.41, 5.74) is 3.18. The van der Waals surface area contributed by atoms with Gasteiger partial charge in [0.25, 0.3) is 0 Å². The summed E-state index contributed by atoms with van der Waals surface area (Å²) in [6.07, 6.45) is 0. The van der Waals surface area contributed by atoms with Gasteiger partial charge in [0.05, 0.1) is 5.25 Å². The maximum absolute atomic E-state index is 12.2. The maximum Gasteiger partial charge on any atom is 0.237 e. The van der Waals surface area contributed by atoms with E-state index in [2.05, 4.69) is 11.4 Å². The minimum atomic E-state index is -0.127. The molecule has 0 saturated heterocycles. The van der Waals surface area contributed by atoms with Crippen LogP contribution in [0.2, 0.25) is 0 Å². The Bertz CT molecular complexity index is 575. The lowest BCUT2D eigenvalue weighted by atomic mass is 10.1. The molecule has 1 atom stereocenters. The molecule has 3 heteroatoms. The number of carbonyl (C=O) groups excluding carboxylic acids is 1. The average Bonchev–Trinajstić information content (AvgIpc) is 2.38. The average molecular weight is 285 g/mol. The van der Waals surface area contributed by atoms with Crippen molar-refractivity contribution in [2.45, 2.75) is 30.9 Å². The highest BCUT2D eigenvalue weighted by Gasteiger charge is 2.14. The first-order chi connectivity index (χ1) is 9.54. The van der Waals surface area contributed by atoms with Gasteiger partial charge in [0.15, 0.2) is 0 Å². The molecule has 0 aromatic heterocycles. The van der Waals surface area contributed by atoms with E-state index in [0.717, 1.165) is 21.7 Å². The van der Waals surface area contributed by atoms with Crippen LogP contribution in [0.4, 0.5) is 5.69 Å². The molecule has 0 unspecified atom stereocenters. The Hall–Kier alpha value is -1.74. The van der Waals surface area contributed by atoms with Crippen molar-refractivity contribution in [1.29, 1.82) is 0 Å². The third-order valence-electron chi connectivity index (χ3n) is 2.91. The van der Waals surface area contributed by atoms with Crippen LogP contribution in [0.1, 0.15) is 18.1 Å². The van der Waals surface area contributed by atoms with Crippen LogP contribution in [0.25, 0.3) is 0 Å². The summed E-state index contributed by atoms with van der Waals surface area (Å²) >= 11 is 1.57. The van der Waals surface area contributed by atoms with Gasteiger partial charge in [0.1, 0.15) is 0 Å². The molecular formula is C17H19NOS. The second kappa shape index (κ2) is 6.62. The fourth-order valence-electron chi connectivity index (χ4n) is 2.05. The van der Waals surface area contributed by atoms with Crippen LogP contribution >= 0.6 is 11.8 Å². The summed E-state index contributed by atoms with van der Waals surface area (Å²) in [6.45, 7) is 5.99. The molecule has 2 aromatic rings. The predicted molar refractivity (Wildman–Crippen MR) is 86.3 cm³/mol. The van der Waals surface area contributed by atoms with E-state index < -0.39 is 0 Å². The van der Waals surface area contributed by atoms with Crippen molar-refractivity contribution >= 4 is 23.4 Å². The van der Waals surface area contributed by atoms with Crippen LogP contribution in [-0.2, 0) is 4.79 Å². The minimum absolute atomic E-state index is 0.0313. The fraction of sp³-hybridized carbons (Fsp3) is 0.235. The molecule has 0 radical (unpaired) electrons. The smallest absolute Gasteiger partial charge is 0.237 e. The van der Waals surface area contributed by atoms with Gasteiger partial charge >= 0.3 is 0 Å². The van der Waals surface area contributed by atoms with Crippen molar-refractivity contribution in [3.63, 3.8) is 0 Å². The van der Waals surface area contributed by atoms with Gasteiger partial charge in [-0.05, 0) is 56.2 Å². The van der Waals surface area contributed by atoms with Gasteiger partial charge in [-0.2, -0.15) is 0 Å². The molecule has 1 amide bonds. The first-order valence-electron chi connectivity index (χ1n) is 6.65. The SMILES string of the molecule is Cc1cc(C)cc(NC(=O)[C@H](C)Sc2ccccc2)c1. The molecule has 0 heterocycles. The largest absolute Gasteiger partial charge is 0.325 e. The number of anilines is 1. The Morgan fingerprint density at radius 1 is 1.05 bits per heavy atom. The lowest BCUT2D eigenvalue weighted by molar-refractivity contribution is -0.115. The molecule has 0 spiro atoms. The van der Waals surface area contributed by atoms with Gasteiger partial charge in [-0.1, -0.05) is 24.3 Å². The van der Waals surface area contributed by atoms with E-state index in [9.17, 15) is 4.79 Å². The van der Waals surface area contributed by atoms with Gasteiger partial charge in [-0.3, -0.25) is 4.79 Å². The van der Waals surface area contributed by atoms with Crippen LogP contribution in [0.3, 0.4) is 0 Å². The topological polar surface area (TPSA) is 29.1 Å². The number of hydrogen-bond donors (Lipinski definition) is 1. The lowest BCUT2D eigenvalue weighted by Gasteiger charge is -2.13. The van der Waals surface area contributed by atoms with E-state index in [1.165, 1.54) is 0 Å². The van der Waals surface area contributed by atoms with Crippen LogP contribution in [-0.4, -0.2) is 11.2 Å². The first-order valence-corrected chi connectivity index (χ1v) is 7.53. The Balaban J connectivity index is 2.00. The number of benzene rings is 2. The summed E-state index contributed by atoms with van der Waals surface area (Å²) < 4.78 is 0. The number of carbonyl (C=O) groups is 1. The van der Waals surface area contributed by atoms with Gasteiger partial charge in [-0.15, -0.1) is 11.8 Å². The number of aryl methyl sites for hydroxylation is 2. The van der Waals surface area contributed by atoms with Crippen LogP contribution in [0.5, 0.6) is 0 Å². The molecule has 0 fully saturated rings. The van der Waals surface area contributed by atoms with Gasteiger partial charge in [0, 0.05) is 10.6 Å². The highest BCUT2D eigenvalue weighted by atomic mass is 32.2. The lowest BCUT2D eigenvalue weighted by Crippen LogP contribution is -2.22. The molecule has 0 bridgehead atoms. The maximum atomic E-state index is 12.2. The summed E-state index contributed by atoms with van der Waals surface area (Å²) in [5, 5.41) is 2.86. The Kier molecular flexibility index (Phi) is 4.85. The third-order valence-corrected chi connectivity index (χ3v) is 4.03. The predicted octanol–water partition coefficient (Wildman–Crippen LogP) is 4.42. The number of thioether (sulfide) groups is 1. The third kappa shape index (κ3) is 4.14. The van der Waals surface area contributed by atoms with Crippen LogP contribution in [0.15, 0.2) is 53.4 Å². The van der Waals surface area contributed by atoms with E-state index in [4.69, 9.17) is 0 Å². The van der Waals surface area contributed by atoms with E-state index in [1.54, 1.807) is 11.8 Å². The van der Waals surface area contributed by atoms with E-state index in [0.29, 0.717) is 0 Å². The number of rotatable bonds is 4. The molecule has 0 aliphatic heterocycles. The highest BCUT2D eigenvalue weighted by Crippen LogP contribution is 2.24. The van der Waals surface area contributed by atoms with Crippen LogP contribution in [0, 0.1) is 13.8 Å². The Morgan fingerprint density at radius 2 is 1.65 bits per heavy atom. The first kappa shape index (κ1) is 14.7. The molecule has 2 aromatic carbocycles. The van der Waals surface area contributed by atoms with Crippen molar-refractivity contribution in [3.8, 4) is 0 Å². The molecule has 0 aliphatic carbocycles. The molecule has 20 heavy (non-hydrogen) atoms. The summed E-state index contributed by atoms with van der Waals surface area (Å²) in [7, 11) is 0. The van der Waals surface area contributed by atoms with Gasteiger partial charge in [-0.25, -0.2) is 0 Å². The number of amides is 1. The second-order valence-corrected chi connectivity index (χ2v) is 6.35. The number of nitrogens with one attached hydrogen (secondary N) is 1. The zero-order valence-electron chi connectivity index (χ0n) is 12.0. The monoisotopic (exact) mass is 285 g/mol. The zero-order valence-corrected chi connectivity index (χ0v) is 12.8. The summed E-state index contributed by atoms with van der Waals surface area (Å²) in [5.74, 6) is 0.0313. The summed E-state index contributed by atoms with van der Waals surface area (Å²) in [4.78, 5) is 13.3. The number of hydrogen-bond acceptors (Lipinski definition) is 2. The zero-order chi connectivity index (χ0) is 14.5. The van der Waals surface area contributed by atoms with E-state index in [1.807, 2.05) is 63.2 Å². The van der Waals surface area contributed by atoms with Gasteiger partial charge in [0.2, 0.25) is 5.91 Å². The molecule has 104 valence electrons. The second-order valence-electron chi connectivity index (χ2n) is 4.94. The highest BCUT2D eigenvalue weighted by molar-refractivity contribution is 8.00. The Labute approximate surface area is 124 Å². The van der Waals surface area contributed by atoms with Crippen molar-refractivity contribution in [1.82, 2.24) is 0 Å². The normalized spacial score (nSPS) is 11.9. The fourth-order valence-corrected chi connectivity index (χ4v) is 2.94. The molecule has 2 nitrogen and oxygen atoms in total. The molecule has 0 saturated carbocycles. The van der Waals surface area contributed by atoms with Gasteiger partial charge < -0.3 is 5.32 Å². The minimum Gasteiger partial charge on any atom is -0.325 e. The molecule has 1 N–H and O–H groups in total. The summed E-state index contributed by atoms with van der Waals surface area (Å²) in [6, 6.07) is 16.1. The van der Waals surface area contributed by atoms with Crippen LogP contribution < -0.4 is 5.32 Å². The van der Waals surface area contributed by atoms with E-state index >= 15 is 0 Å². The van der Waals surface area contributed by atoms with Crippen molar-refractivity contribution in [2.75, 3.05) is 5.32 Å². The quantitative estimate of drug-likeness (QED) is 0.842. The molecule has 2 rings (SSSR count). The van der Waals surface area contributed by atoms with Crippen molar-refractivity contribution in [3.05, 3.63) is 59.7 Å². The van der Waals surface area contributed by atoms with E-state index in [-0.39, 0.29) is 11.2 Å².